The number of rotatable bonds is 5. The van der Waals surface area contributed by atoms with Crippen molar-refractivity contribution in [3.63, 3.8) is 0 Å². The first-order chi connectivity index (χ1) is 10.4. The summed E-state index contributed by atoms with van der Waals surface area (Å²) in [6.07, 6.45) is 0. The Kier molecular flexibility index (Phi) is 5.07. The fraction of sp³-hybridized carbons (Fsp3) is 0.400. The van der Waals surface area contributed by atoms with Crippen LogP contribution in [0.2, 0.25) is 0 Å². The Balaban J connectivity index is 2.27. The van der Waals surface area contributed by atoms with Gasteiger partial charge in [0.2, 0.25) is 0 Å². The van der Waals surface area contributed by atoms with Gasteiger partial charge in [-0.2, -0.15) is 5.10 Å². The highest BCUT2D eigenvalue weighted by Gasteiger charge is 2.24. The van der Waals surface area contributed by atoms with Gasteiger partial charge < -0.3 is 9.88 Å². The molecule has 0 aliphatic rings. The van der Waals surface area contributed by atoms with Crippen molar-refractivity contribution in [2.45, 2.75) is 33.4 Å². The molecule has 0 saturated carbocycles. The lowest BCUT2D eigenvalue weighted by molar-refractivity contribution is 0.0922. The van der Waals surface area contributed by atoms with Crippen LogP contribution in [0.5, 0.6) is 0 Å². The highest BCUT2D eigenvalue weighted by atomic mass is 32.1. The summed E-state index contributed by atoms with van der Waals surface area (Å²) in [5.41, 5.74) is 0.407. The van der Waals surface area contributed by atoms with Crippen LogP contribution in [0.1, 0.15) is 43.0 Å². The fourth-order valence-electron chi connectivity index (χ4n) is 2.23. The summed E-state index contributed by atoms with van der Waals surface area (Å²) in [7, 11) is 0. The second-order valence-electron chi connectivity index (χ2n) is 5.33. The molecule has 7 heteroatoms. The molecule has 0 spiro atoms. The van der Waals surface area contributed by atoms with Crippen LogP contribution < -0.4 is 5.32 Å². The molecule has 2 aromatic rings. The largest absolute Gasteiger partial charge is 0.342 e. The number of amides is 1. The van der Waals surface area contributed by atoms with E-state index < -0.39 is 0 Å². The van der Waals surface area contributed by atoms with Crippen LogP contribution in [0.4, 0.5) is 4.39 Å². The number of hydrogen-bond acceptors (Lipinski definition) is 3. The smallest absolute Gasteiger partial charge is 0.251 e. The highest BCUT2D eigenvalue weighted by molar-refractivity contribution is 7.71. The molecule has 1 aromatic heterocycles. The van der Waals surface area contributed by atoms with Crippen LogP contribution in [0.15, 0.2) is 24.3 Å². The number of aromatic amines is 1. The van der Waals surface area contributed by atoms with Crippen LogP contribution >= 0.6 is 12.2 Å². The van der Waals surface area contributed by atoms with Crippen LogP contribution in [0, 0.1) is 16.5 Å². The molecule has 118 valence electrons. The monoisotopic (exact) mass is 322 g/mol. The third kappa shape index (κ3) is 3.41. The lowest BCUT2D eigenvalue weighted by atomic mass is 10.0. The Hall–Kier alpha value is -2.02. The Bertz CT molecular complexity index is 705. The Morgan fingerprint density at radius 3 is 2.59 bits per heavy atom. The van der Waals surface area contributed by atoms with Crippen molar-refractivity contribution in [2.24, 2.45) is 5.92 Å². The zero-order chi connectivity index (χ0) is 16.3. The van der Waals surface area contributed by atoms with E-state index in [4.69, 9.17) is 12.2 Å². The minimum Gasteiger partial charge on any atom is -0.342 e. The first-order valence-corrected chi connectivity index (χ1v) is 7.56. The van der Waals surface area contributed by atoms with E-state index in [9.17, 15) is 9.18 Å². The predicted molar refractivity (Wildman–Crippen MR) is 84.5 cm³/mol. The van der Waals surface area contributed by atoms with Gasteiger partial charge in [0.25, 0.3) is 5.91 Å². The van der Waals surface area contributed by atoms with E-state index in [1.807, 2.05) is 25.3 Å². The number of halogens is 1. The molecule has 1 aromatic carbocycles. The summed E-state index contributed by atoms with van der Waals surface area (Å²) in [6.45, 7) is 6.62. The van der Waals surface area contributed by atoms with E-state index >= 15 is 0 Å². The van der Waals surface area contributed by atoms with Crippen LogP contribution in [0.25, 0.3) is 0 Å². The van der Waals surface area contributed by atoms with Gasteiger partial charge in [0.1, 0.15) is 5.82 Å². The number of carbonyl (C=O) groups is 1. The average molecular weight is 322 g/mol. The maximum atomic E-state index is 12.9. The quantitative estimate of drug-likeness (QED) is 0.831. The van der Waals surface area contributed by atoms with E-state index in [0.717, 1.165) is 0 Å². The van der Waals surface area contributed by atoms with Crippen molar-refractivity contribution < 1.29 is 9.18 Å². The standard InChI is InChI=1S/C15H19FN4OS/c1-4-20-13(18-19-15(20)22)12(9(2)3)17-14(21)10-5-7-11(16)8-6-10/h5-9,12H,4H2,1-3H3,(H,17,21)(H,19,22). The van der Waals surface area contributed by atoms with Gasteiger partial charge in [0.05, 0.1) is 6.04 Å². The molecule has 1 amide bonds. The zero-order valence-electron chi connectivity index (χ0n) is 12.8. The van der Waals surface area contributed by atoms with Gasteiger partial charge in [-0.15, -0.1) is 0 Å². The number of aromatic nitrogens is 3. The molecule has 1 unspecified atom stereocenters. The molecule has 1 heterocycles. The van der Waals surface area contributed by atoms with E-state index in [0.29, 0.717) is 22.7 Å². The summed E-state index contributed by atoms with van der Waals surface area (Å²) in [4.78, 5) is 12.3. The molecule has 0 aliphatic heterocycles. The first-order valence-electron chi connectivity index (χ1n) is 7.15. The zero-order valence-corrected chi connectivity index (χ0v) is 13.6. The molecule has 1 atom stereocenters. The maximum Gasteiger partial charge on any atom is 0.251 e. The highest BCUT2D eigenvalue weighted by Crippen LogP contribution is 2.21. The molecular weight excluding hydrogens is 303 g/mol. The summed E-state index contributed by atoms with van der Waals surface area (Å²) in [5, 5.41) is 9.94. The fourth-order valence-corrected chi connectivity index (χ4v) is 2.50. The predicted octanol–water partition coefficient (Wildman–Crippen LogP) is 3.23. The molecule has 2 rings (SSSR count). The van der Waals surface area contributed by atoms with Crippen molar-refractivity contribution in [3.8, 4) is 0 Å². The summed E-state index contributed by atoms with van der Waals surface area (Å²) in [6, 6.07) is 5.16. The summed E-state index contributed by atoms with van der Waals surface area (Å²) >= 11 is 5.19. The summed E-state index contributed by atoms with van der Waals surface area (Å²) in [5.74, 6) is 0.178. The third-order valence-electron chi connectivity index (χ3n) is 3.44. The third-order valence-corrected chi connectivity index (χ3v) is 3.75. The lowest BCUT2D eigenvalue weighted by Crippen LogP contribution is -2.33. The molecular formula is C15H19FN4OS. The number of benzene rings is 1. The van der Waals surface area contributed by atoms with Crippen LogP contribution in [0.3, 0.4) is 0 Å². The number of carbonyl (C=O) groups excluding carboxylic acids is 1. The Labute approximate surface area is 133 Å². The van der Waals surface area contributed by atoms with Crippen molar-refractivity contribution in [3.05, 3.63) is 46.2 Å². The lowest BCUT2D eigenvalue weighted by Gasteiger charge is -2.22. The molecule has 0 bridgehead atoms. The van der Waals surface area contributed by atoms with Crippen molar-refractivity contribution in [1.82, 2.24) is 20.1 Å². The van der Waals surface area contributed by atoms with Gasteiger partial charge in [-0.05, 0) is 49.3 Å². The van der Waals surface area contributed by atoms with Gasteiger partial charge in [-0.1, -0.05) is 13.8 Å². The van der Waals surface area contributed by atoms with Crippen LogP contribution in [-0.4, -0.2) is 20.7 Å². The number of hydrogen-bond donors (Lipinski definition) is 2. The van der Waals surface area contributed by atoms with Crippen molar-refractivity contribution in [2.75, 3.05) is 0 Å². The molecule has 0 fully saturated rings. The van der Waals surface area contributed by atoms with Crippen molar-refractivity contribution >= 4 is 18.1 Å². The SMILES string of the molecule is CCn1c(C(NC(=O)c2ccc(F)cc2)C(C)C)n[nH]c1=S. The second-order valence-corrected chi connectivity index (χ2v) is 5.72. The number of nitrogens with one attached hydrogen (secondary N) is 2. The van der Waals surface area contributed by atoms with Gasteiger partial charge in [0, 0.05) is 12.1 Å². The van der Waals surface area contributed by atoms with E-state index in [1.165, 1.54) is 24.3 Å². The molecule has 0 radical (unpaired) electrons. The number of H-pyrrole nitrogens is 1. The van der Waals surface area contributed by atoms with E-state index in [2.05, 4.69) is 15.5 Å². The van der Waals surface area contributed by atoms with Gasteiger partial charge in [-0.25, -0.2) is 4.39 Å². The molecule has 22 heavy (non-hydrogen) atoms. The molecule has 5 nitrogen and oxygen atoms in total. The normalized spacial score (nSPS) is 12.4. The Morgan fingerprint density at radius 1 is 1.41 bits per heavy atom. The van der Waals surface area contributed by atoms with Crippen LogP contribution in [-0.2, 0) is 6.54 Å². The molecule has 2 N–H and O–H groups in total. The first kappa shape index (κ1) is 16.4. The Morgan fingerprint density at radius 2 is 2.05 bits per heavy atom. The minimum atomic E-state index is -0.371. The average Bonchev–Trinajstić information content (AvgIpc) is 2.85. The topological polar surface area (TPSA) is 62.7 Å². The molecule has 0 saturated heterocycles. The van der Waals surface area contributed by atoms with Gasteiger partial charge in [0.15, 0.2) is 10.6 Å². The van der Waals surface area contributed by atoms with Crippen molar-refractivity contribution in [1.29, 1.82) is 0 Å². The van der Waals surface area contributed by atoms with Gasteiger partial charge >= 0.3 is 0 Å². The second kappa shape index (κ2) is 6.83. The van der Waals surface area contributed by atoms with Gasteiger partial charge in [-0.3, -0.25) is 9.89 Å². The minimum absolute atomic E-state index is 0.125. The molecule has 0 aliphatic carbocycles. The number of nitrogens with zero attached hydrogens (tertiary/aromatic N) is 2. The van der Waals surface area contributed by atoms with E-state index in [1.54, 1.807) is 0 Å². The summed E-state index contributed by atoms with van der Waals surface area (Å²) < 4.78 is 15.3. The maximum absolute atomic E-state index is 12.9. The van der Waals surface area contributed by atoms with E-state index in [-0.39, 0.29) is 23.7 Å².